The minimum absolute atomic E-state index is 0.0710. The predicted molar refractivity (Wildman–Crippen MR) is 173 cm³/mol. The number of β-lactam (4-membered cyclic amide) rings is 1. The fourth-order valence-corrected chi connectivity index (χ4v) is 8.05. The lowest BCUT2D eigenvalue weighted by Gasteiger charge is -2.60. The molecule has 3 aromatic rings. The smallest absolute Gasteiger partial charge is 0.408 e. The molecule has 0 saturated carbocycles. The number of thioether (sulfide) groups is 1. The summed E-state index contributed by atoms with van der Waals surface area (Å²) in [7, 11) is 0. The number of carbonyl (C=O) groups is 4. The van der Waals surface area contributed by atoms with Gasteiger partial charge in [0.2, 0.25) is 5.91 Å². The van der Waals surface area contributed by atoms with Gasteiger partial charge in [0, 0.05) is 22.9 Å². The summed E-state index contributed by atoms with van der Waals surface area (Å²) in [6.07, 6.45) is -0.873. The molecular formula is C31H32ClN5O6S2. The molecule has 0 spiro atoms. The molecule has 3 amide bonds. The second-order valence-corrected chi connectivity index (χ2v) is 13.8. The van der Waals surface area contributed by atoms with Crippen molar-refractivity contribution >= 4 is 63.7 Å². The number of nitrogen functional groups attached to an aromatic ring is 1. The van der Waals surface area contributed by atoms with E-state index in [4.69, 9.17) is 22.1 Å². The molecule has 1 aromatic heterocycles. The number of benzene rings is 2. The maximum atomic E-state index is 14.6. The van der Waals surface area contributed by atoms with Crippen molar-refractivity contribution < 1.29 is 29.0 Å². The van der Waals surface area contributed by atoms with Crippen LogP contribution >= 0.6 is 34.7 Å². The highest BCUT2D eigenvalue weighted by molar-refractivity contribution is 8.00. The molecule has 2 aliphatic heterocycles. The molecule has 3 heterocycles. The van der Waals surface area contributed by atoms with E-state index in [-0.39, 0.29) is 28.2 Å². The van der Waals surface area contributed by atoms with Gasteiger partial charge in [0.1, 0.15) is 16.7 Å². The lowest BCUT2D eigenvalue weighted by Crippen LogP contribution is -2.82. The van der Waals surface area contributed by atoms with Gasteiger partial charge in [-0.25, -0.2) is 14.6 Å². The minimum Gasteiger partial charge on any atom is -0.477 e. The third-order valence-corrected chi connectivity index (χ3v) is 9.79. The van der Waals surface area contributed by atoms with E-state index in [0.717, 1.165) is 22.5 Å². The SMILES string of the molecule is CC(C)(C)OC(=O)NC(C(=O)N[C@]1(C(c2ccccc2)c2ccccc2)C(=O)N2C(C(=O)O)=C(CCl)CS[C@@H]21)c1csc(N)n1. The summed E-state index contributed by atoms with van der Waals surface area (Å²) in [6.45, 7) is 5.06. The van der Waals surface area contributed by atoms with Crippen molar-refractivity contribution in [3.63, 3.8) is 0 Å². The topological polar surface area (TPSA) is 164 Å². The van der Waals surface area contributed by atoms with Crippen molar-refractivity contribution in [2.75, 3.05) is 17.4 Å². The van der Waals surface area contributed by atoms with Crippen molar-refractivity contribution in [2.24, 2.45) is 0 Å². The summed E-state index contributed by atoms with van der Waals surface area (Å²) in [4.78, 5) is 59.8. The van der Waals surface area contributed by atoms with Crippen LogP contribution in [0.15, 0.2) is 77.3 Å². The van der Waals surface area contributed by atoms with E-state index in [0.29, 0.717) is 5.57 Å². The van der Waals surface area contributed by atoms with Crippen molar-refractivity contribution in [2.45, 2.75) is 49.2 Å². The predicted octanol–water partition coefficient (Wildman–Crippen LogP) is 4.47. The molecule has 45 heavy (non-hydrogen) atoms. The Morgan fingerprint density at radius 3 is 2.22 bits per heavy atom. The Bertz CT molecular complexity index is 1600. The van der Waals surface area contributed by atoms with E-state index in [2.05, 4.69) is 15.6 Å². The highest BCUT2D eigenvalue weighted by Crippen LogP contribution is 2.54. The zero-order valence-corrected chi connectivity index (χ0v) is 27.0. The van der Waals surface area contributed by atoms with Crippen molar-refractivity contribution in [3.8, 4) is 0 Å². The lowest BCUT2D eigenvalue weighted by molar-refractivity contribution is -0.160. The fraction of sp³-hybridized carbons (Fsp3) is 0.323. The van der Waals surface area contributed by atoms with E-state index in [1.165, 1.54) is 22.0 Å². The number of hydrogen-bond acceptors (Lipinski definition) is 9. The summed E-state index contributed by atoms with van der Waals surface area (Å²) in [5.74, 6) is -3.25. The van der Waals surface area contributed by atoms with Gasteiger partial charge >= 0.3 is 12.1 Å². The average molecular weight is 670 g/mol. The van der Waals surface area contributed by atoms with E-state index in [1.807, 2.05) is 60.7 Å². The Labute approximate surface area is 273 Å². The molecule has 14 heteroatoms. The molecule has 0 bridgehead atoms. The zero-order chi connectivity index (χ0) is 32.5. The molecule has 1 unspecified atom stereocenters. The maximum absolute atomic E-state index is 14.6. The van der Waals surface area contributed by atoms with Crippen molar-refractivity contribution in [1.29, 1.82) is 0 Å². The number of carbonyl (C=O) groups excluding carboxylic acids is 3. The third kappa shape index (κ3) is 6.24. The summed E-state index contributed by atoms with van der Waals surface area (Å²) in [6, 6.07) is 17.0. The van der Waals surface area contributed by atoms with Gasteiger partial charge in [-0.3, -0.25) is 14.5 Å². The van der Waals surface area contributed by atoms with E-state index in [9.17, 15) is 24.3 Å². The van der Waals surface area contributed by atoms with Crippen LogP contribution in [0.3, 0.4) is 0 Å². The van der Waals surface area contributed by atoms with Crippen LogP contribution in [0.1, 0.15) is 49.6 Å². The zero-order valence-electron chi connectivity index (χ0n) is 24.7. The van der Waals surface area contributed by atoms with Crippen LogP contribution < -0.4 is 16.4 Å². The molecule has 1 fully saturated rings. The Balaban J connectivity index is 1.65. The number of alkyl carbamates (subject to hydrolysis) is 1. The van der Waals surface area contributed by atoms with Crippen LogP contribution in [0.4, 0.5) is 9.93 Å². The summed E-state index contributed by atoms with van der Waals surface area (Å²) in [5, 5.41) is 16.6. The largest absolute Gasteiger partial charge is 0.477 e. The highest BCUT2D eigenvalue weighted by atomic mass is 35.5. The maximum Gasteiger partial charge on any atom is 0.408 e. The first-order valence-electron chi connectivity index (χ1n) is 14.0. The number of ether oxygens (including phenoxy) is 1. The van der Waals surface area contributed by atoms with Gasteiger partial charge < -0.3 is 26.2 Å². The first-order chi connectivity index (χ1) is 21.4. The molecule has 1 saturated heterocycles. The molecule has 5 N–H and O–H groups in total. The molecule has 0 radical (unpaired) electrons. The fourth-order valence-electron chi connectivity index (χ4n) is 5.62. The number of alkyl halides is 1. The summed E-state index contributed by atoms with van der Waals surface area (Å²) >= 11 is 8.50. The monoisotopic (exact) mass is 669 g/mol. The van der Waals surface area contributed by atoms with Crippen LogP contribution in [-0.2, 0) is 19.1 Å². The van der Waals surface area contributed by atoms with E-state index < -0.39 is 52.4 Å². The molecular weight excluding hydrogens is 638 g/mol. The van der Waals surface area contributed by atoms with Gasteiger partial charge in [-0.1, -0.05) is 60.7 Å². The second-order valence-electron chi connectivity index (χ2n) is 11.5. The number of nitrogens with one attached hydrogen (secondary N) is 2. The van der Waals surface area contributed by atoms with Gasteiger partial charge in [0.25, 0.3) is 5.91 Å². The lowest BCUT2D eigenvalue weighted by atomic mass is 9.68. The number of anilines is 1. The van der Waals surface area contributed by atoms with Gasteiger partial charge in [-0.2, -0.15) is 0 Å². The number of carboxylic acids is 1. The van der Waals surface area contributed by atoms with Gasteiger partial charge in [-0.05, 0) is 37.5 Å². The Kier molecular flexibility index (Phi) is 9.15. The number of fused-ring (bicyclic) bond motifs is 1. The third-order valence-electron chi connectivity index (χ3n) is 7.36. The van der Waals surface area contributed by atoms with Crippen LogP contribution in [0.25, 0.3) is 0 Å². The van der Waals surface area contributed by atoms with Gasteiger partial charge in [-0.15, -0.1) is 34.7 Å². The Hall–Kier alpha value is -4.07. The number of rotatable bonds is 9. The van der Waals surface area contributed by atoms with Crippen LogP contribution in [0, 0.1) is 0 Å². The molecule has 2 aromatic carbocycles. The normalized spacial score (nSPS) is 20.2. The standard InChI is InChI=1S/C31H32ClN5O6S2/c1-30(2,3)43-29(42)35-22(20-16-45-28(33)34-20)24(38)36-31(21(17-10-6-4-7-11-17)18-12-8-5-9-13-18)26(41)37-23(25(39)40)19(14-32)15-44-27(31)37/h4-13,16,21-22,27H,14-15H2,1-3H3,(H2,33,34)(H,35,42)(H,36,38)(H,39,40)/t22?,27-,31-/m1/s1. The number of halogens is 1. The molecule has 2 aliphatic rings. The first-order valence-corrected chi connectivity index (χ1v) is 16.4. The van der Waals surface area contributed by atoms with E-state index in [1.54, 1.807) is 20.8 Å². The second kappa shape index (κ2) is 12.7. The number of amides is 3. The Morgan fingerprint density at radius 1 is 1.13 bits per heavy atom. The minimum atomic E-state index is -1.68. The number of nitrogens with two attached hydrogens (primary N) is 1. The number of aliphatic carboxylic acids is 1. The summed E-state index contributed by atoms with van der Waals surface area (Å²) < 4.78 is 5.43. The number of thiazole rings is 1. The molecule has 0 aliphatic carbocycles. The summed E-state index contributed by atoms with van der Waals surface area (Å²) in [5.41, 5.74) is 5.15. The van der Waals surface area contributed by atoms with Crippen molar-refractivity contribution in [3.05, 3.63) is 94.1 Å². The van der Waals surface area contributed by atoms with E-state index >= 15 is 0 Å². The molecule has 3 atom stereocenters. The Morgan fingerprint density at radius 2 is 1.73 bits per heavy atom. The molecule has 236 valence electrons. The molecule has 11 nitrogen and oxygen atoms in total. The van der Waals surface area contributed by atoms with Gasteiger partial charge in [0.15, 0.2) is 16.7 Å². The number of carboxylic acid groups (broad SMARTS) is 1. The van der Waals surface area contributed by atoms with Crippen LogP contribution in [0.5, 0.6) is 0 Å². The van der Waals surface area contributed by atoms with Crippen LogP contribution in [0.2, 0.25) is 0 Å². The number of aromatic nitrogens is 1. The van der Waals surface area contributed by atoms with Gasteiger partial charge in [0.05, 0.1) is 5.69 Å². The number of nitrogens with zero attached hydrogens (tertiary/aromatic N) is 2. The average Bonchev–Trinajstić information content (AvgIpc) is 3.44. The number of hydrogen-bond donors (Lipinski definition) is 4. The molecule has 5 rings (SSSR count). The van der Waals surface area contributed by atoms with Crippen LogP contribution in [-0.4, -0.2) is 67.0 Å². The quantitative estimate of drug-likeness (QED) is 0.190. The highest BCUT2D eigenvalue weighted by Gasteiger charge is 2.69. The van der Waals surface area contributed by atoms with Crippen molar-refractivity contribution in [1.82, 2.24) is 20.5 Å². The first kappa shape index (κ1) is 32.3.